The van der Waals surface area contributed by atoms with Crippen molar-refractivity contribution < 1.29 is 14.3 Å². The summed E-state index contributed by atoms with van der Waals surface area (Å²) in [7, 11) is 0. The summed E-state index contributed by atoms with van der Waals surface area (Å²) in [5, 5.41) is 3.89. The maximum absolute atomic E-state index is 13.2. The molecule has 0 spiro atoms. The second-order valence-corrected chi connectivity index (χ2v) is 8.48. The smallest absolute Gasteiger partial charge is 0.339 e. The van der Waals surface area contributed by atoms with Crippen molar-refractivity contribution in [2.75, 3.05) is 0 Å². The van der Waals surface area contributed by atoms with Gasteiger partial charge in [0.2, 0.25) is 0 Å². The predicted octanol–water partition coefficient (Wildman–Crippen LogP) is 4.46. The first-order valence-corrected chi connectivity index (χ1v) is 11.1. The fraction of sp³-hybridized carbons (Fsp3) is 0.346. The Kier molecular flexibility index (Phi) is 5.18. The van der Waals surface area contributed by atoms with Crippen molar-refractivity contribution in [3.63, 3.8) is 0 Å². The number of benzene rings is 2. The Morgan fingerprint density at radius 2 is 1.84 bits per heavy atom. The van der Waals surface area contributed by atoms with Gasteiger partial charge in [-0.3, -0.25) is 9.78 Å². The molecule has 158 valence electrons. The van der Waals surface area contributed by atoms with Crippen LogP contribution in [0.2, 0.25) is 0 Å². The Hall–Kier alpha value is -3.21. The topological polar surface area (TPSA) is 68.3 Å². The van der Waals surface area contributed by atoms with E-state index in [1.165, 1.54) is 11.1 Å². The van der Waals surface area contributed by atoms with Crippen molar-refractivity contribution in [2.24, 2.45) is 0 Å². The highest BCUT2D eigenvalue weighted by Gasteiger charge is 2.29. The lowest BCUT2D eigenvalue weighted by molar-refractivity contribution is -0.130. The van der Waals surface area contributed by atoms with Crippen molar-refractivity contribution in [1.29, 1.82) is 0 Å². The van der Waals surface area contributed by atoms with Gasteiger partial charge in [0.1, 0.15) is 0 Å². The lowest BCUT2D eigenvalue weighted by Gasteiger charge is -2.27. The van der Waals surface area contributed by atoms with E-state index >= 15 is 0 Å². The molecule has 0 bridgehead atoms. The zero-order chi connectivity index (χ0) is 21.4. The number of rotatable bonds is 4. The molecule has 0 unspecified atom stereocenters. The number of para-hydroxylation sites is 1. The van der Waals surface area contributed by atoms with Crippen molar-refractivity contribution in [3.05, 3.63) is 76.5 Å². The Morgan fingerprint density at radius 3 is 2.74 bits per heavy atom. The van der Waals surface area contributed by atoms with E-state index in [0.717, 1.165) is 60.7 Å². The normalized spacial score (nSPS) is 18.2. The molecule has 1 aromatic heterocycles. The molecule has 0 radical (unpaired) electrons. The number of hydrogen-bond donors (Lipinski definition) is 1. The summed E-state index contributed by atoms with van der Waals surface area (Å²) in [6, 6.07) is 15.8. The monoisotopic (exact) mass is 414 g/mol. The maximum Gasteiger partial charge on any atom is 0.339 e. The molecule has 31 heavy (non-hydrogen) atoms. The van der Waals surface area contributed by atoms with Gasteiger partial charge < -0.3 is 10.1 Å². The highest BCUT2D eigenvalue weighted by molar-refractivity contribution is 6.06. The van der Waals surface area contributed by atoms with Crippen LogP contribution in [0.4, 0.5) is 0 Å². The lowest BCUT2D eigenvalue weighted by atomic mass is 9.87. The molecule has 3 aromatic rings. The van der Waals surface area contributed by atoms with Gasteiger partial charge in [-0.2, -0.15) is 0 Å². The van der Waals surface area contributed by atoms with E-state index < -0.39 is 12.1 Å². The van der Waals surface area contributed by atoms with E-state index in [1.54, 1.807) is 6.92 Å². The second-order valence-electron chi connectivity index (χ2n) is 8.48. The molecule has 5 rings (SSSR count). The van der Waals surface area contributed by atoms with Gasteiger partial charge in [-0.05, 0) is 68.2 Å². The van der Waals surface area contributed by atoms with Crippen LogP contribution in [-0.4, -0.2) is 23.0 Å². The number of amides is 1. The van der Waals surface area contributed by atoms with Gasteiger partial charge in [0.15, 0.2) is 6.10 Å². The van der Waals surface area contributed by atoms with Crippen LogP contribution >= 0.6 is 0 Å². The molecule has 2 aromatic carbocycles. The third-order valence-corrected chi connectivity index (χ3v) is 6.46. The molecule has 5 heteroatoms. The number of esters is 1. The highest BCUT2D eigenvalue weighted by atomic mass is 16.5. The van der Waals surface area contributed by atoms with Crippen LogP contribution in [0.3, 0.4) is 0 Å². The van der Waals surface area contributed by atoms with Gasteiger partial charge in [-0.25, -0.2) is 4.79 Å². The SMILES string of the molecule is C[C@@H](OC(=O)c1c2c(nc3ccccc13)CCC2)C(=O)N[C@@H]1CCCc2ccccc21. The first-order valence-electron chi connectivity index (χ1n) is 11.1. The Balaban J connectivity index is 1.35. The van der Waals surface area contributed by atoms with Crippen LogP contribution in [0.25, 0.3) is 10.9 Å². The van der Waals surface area contributed by atoms with Crippen LogP contribution in [0.5, 0.6) is 0 Å². The number of fused-ring (bicyclic) bond motifs is 3. The Bertz CT molecular complexity index is 1170. The fourth-order valence-electron chi connectivity index (χ4n) is 4.91. The average Bonchev–Trinajstić information content (AvgIpc) is 3.25. The molecule has 2 aliphatic carbocycles. The van der Waals surface area contributed by atoms with E-state index in [1.807, 2.05) is 36.4 Å². The molecule has 2 atom stereocenters. The molecular weight excluding hydrogens is 388 g/mol. The average molecular weight is 415 g/mol. The molecule has 2 aliphatic rings. The quantitative estimate of drug-likeness (QED) is 0.640. The summed E-state index contributed by atoms with van der Waals surface area (Å²) in [6.07, 6.45) is 4.76. The molecule has 0 fully saturated rings. The first-order chi connectivity index (χ1) is 15.1. The van der Waals surface area contributed by atoms with E-state index in [9.17, 15) is 9.59 Å². The number of pyridine rings is 1. The van der Waals surface area contributed by atoms with Gasteiger partial charge in [-0.15, -0.1) is 0 Å². The van der Waals surface area contributed by atoms with Crippen molar-refractivity contribution in [2.45, 2.75) is 57.6 Å². The molecule has 5 nitrogen and oxygen atoms in total. The van der Waals surface area contributed by atoms with Gasteiger partial charge in [0.25, 0.3) is 5.91 Å². The number of hydrogen-bond acceptors (Lipinski definition) is 4. The van der Waals surface area contributed by atoms with E-state index in [4.69, 9.17) is 9.72 Å². The van der Waals surface area contributed by atoms with Gasteiger partial charge in [0, 0.05) is 11.1 Å². The summed E-state index contributed by atoms with van der Waals surface area (Å²) in [5.74, 6) is -0.700. The lowest BCUT2D eigenvalue weighted by Crippen LogP contribution is -2.39. The van der Waals surface area contributed by atoms with Crippen LogP contribution in [0.15, 0.2) is 48.5 Å². The minimum atomic E-state index is -0.870. The van der Waals surface area contributed by atoms with E-state index in [2.05, 4.69) is 17.4 Å². The summed E-state index contributed by atoms with van der Waals surface area (Å²) in [6.45, 7) is 1.64. The third kappa shape index (κ3) is 3.69. The molecule has 1 heterocycles. The maximum atomic E-state index is 13.2. The largest absolute Gasteiger partial charge is 0.449 e. The molecular formula is C26H26N2O3. The van der Waals surface area contributed by atoms with Crippen LogP contribution in [-0.2, 0) is 28.8 Å². The Labute approximate surface area is 181 Å². The number of aromatic nitrogens is 1. The third-order valence-electron chi connectivity index (χ3n) is 6.46. The summed E-state index contributed by atoms with van der Waals surface area (Å²) < 4.78 is 5.68. The number of aryl methyl sites for hydroxylation is 2. The number of nitrogens with zero attached hydrogens (tertiary/aromatic N) is 1. The molecule has 0 saturated heterocycles. The number of ether oxygens (including phenoxy) is 1. The standard InChI is InChI=1S/C26H26N2O3/c1-16(25(29)28-21-14-6-9-17-8-2-3-10-18(17)21)31-26(30)24-19-11-4-5-13-22(19)27-23-15-7-12-20(23)24/h2-5,8,10-11,13,16,21H,6-7,9,12,14-15H2,1H3,(H,28,29)/t16-,21-/m1/s1. The summed E-state index contributed by atoms with van der Waals surface area (Å²) in [5.41, 5.74) is 5.76. The fourth-order valence-corrected chi connectivity index (χ4v) is 4.91. The second kappa shape index (κ2) is 8.14. The number of nitrogens with one attached hydrogen (secondary N) is 1. The zero-order valence-corrected chi connectivity index (χ0v) is 17.7. The molecule has 1 N–H and O–H groups in total. The van der Waals surface area contributed by atoms with Crippen LogP contribution in [0, 0.1) is 0 Å². The van der Waals surface area contributed by atoms with Crippen LogP contribution in [0.1, 0.15) is 65.0 Å². The van der Waals surface area contributed by atoms with Gasteiger partial charge >= 0.3 is 5.97 Å². The first kappa shape index (κ1) is 19.7. The van der Waals surface area contributed by atoms with Crippen molar-refractivity contribution in [3.8, 4) is 0 Å². The Morgan fingerprint density at radius 1 is 1.03 bits per heavy atom. The van der Waals surface area contributed by atoms with Crippen LogP contribution < -0.4 is 5.32 Å². The van der Waals surface area contributed by atoms with Gasteiger partial charge in [-0.1, -0.05) is 42.5 Å². The summed E-state index contributed by atoms with van der Waals surface area (Å²) in [4.78, 5) is 30.8. The predicted molar refractivity (Wildman–Crippen MR) is 119 cm³/mol. The van der Waals surface area contributed by atoms with E-state index in [-0.39, 0.29) is 11.9 Å². The number of carbonyl (C=O) groups is 2. The minimum absolute atomic E-state index is 0.0374. The molecule has 0 saturated carbocycles. The molecule has 1 amide bonds. The number of carbonyl (C=O) groups excluding carboxylic acids is 2. The van der Waals surface area contributed by atoms with Crippen molar-refractivity contribution >= 4 is 22.8 Å². The van der Waals surface area contributed by atoms with Crippen molar-refractivity contribution in [1.82, 2.24) is 10.3 Å². The molecule has 0 aliphatic heterocycles. The minimum Gasteiger partial charge on any atom is -0.449 e. The van der Waals surface area contributed by atoms with E-state index in [0.29, 0.717) is 5.56 Å². The van der Waals surface area contributed by atoms with Gasteiger partial charge in [0.05, 0.1) is 17.1 Å². The zero-order valence-electron chi connectivity index (χ0n) is 17.7. The highest BCUT2D eigenvalue weighted by Crippen LogP contribution is 2.31. The summed E-state index contributed by atoms with van der Waals surface area (Å²) >= 11 is 0.